The third kappa shape index (κ3) is 5.24. The van der Waals surface area contributed by atoms with Crippen molar-refractivity contribution in [2.24, 2.45) is 0 Å². The summed E-state index contributed by atoms with van der Waals surface area (Å²) in [6.45, 7) is 12.0. The highest BCUT2D eigenvalue weighted by molar-refractivity contribution is 6.06. The summed E-state index contributed by atoms with van der Waals surface area (Å²) in [7, 11) is 0. The molecule has 0 aliphatic rings. The number of rotatable bonds is 5. The molecule has 0 aliphatic carbocycles. The number of aromatic nitrogens is 3. The SMILES string of the molecule is Cc1c(NC(=O)c2ccc(C(C)(C)C)cc2F)cc(F)cc1-c1ncnc2[nH]c(-c3ccc(C(C)C)cc3)cc12. The van der Waals surface area contributed by atoms with Gasteiger partial charge in [-0.05, 0) is 70.8 Å². The molecule has 0 fully saturated rings. The molecule has 0 spiro atoms. The van der Waals surface area contributed by atoms with Crippen molar-refractivity contribution in [2.45, 2.75) is 52.9 Å². The van der Waals surface area contributed by atoms with E-state index in [0.29, 0.717) is 28.4 Å². The van der Waals surface area contributed by atoms with Crippen molar-refractivity contribution in [1.29, 1.82) is 0 Å². The average Bonchev–Trinajstić information content (AvgIpc) is 3.34. The van der Waals surface area contributed by atoms with Gasteiger partial charge in [0.2, 0.25) is 0 Å². The molecule has 5 rings (SSSR count). The smallest absolute Gasteiger partial charge is 0.258 e. The first-order valence-electron chi connectivity index (χ1n) is 13.3. The second-order valence-corrected chi connectivity index (χ2v) is 11.5. The normalized spacial score (nSPS) is 11.8. The minimum atomic E-state index is -0.654. The van der Waals surface area contributed by atoms with Crippen LogP contribution < -0.4 is 5.32 Å². The van der Waals surface area contributed by atoms with Crippen LogP contribution in [-0.4, -0.2) is 20.9 Å². The predicted molar refractivity (Wildman–Crippen MR) is 157 cm³/mol. The van der Waals surface area contributed by atoms with Crippen molar-refractivity contribution in [2.75, 3.05) is 5.32 Å². The minimum Gasteiger partial charge on any atom is -0.339 e. The number of nitrogens with one attached hydrogen (secondary N) is 2. The lowest BCUT2D eigenvalue weighted by Gasteiger charge is -2.19. The predicted octanol–water partition coefficient (Wildman–Crippen LogP) is 8.55. The van der Waals surface area contributed by atoms with Crippen molar-refractivity contribution in [1.82, 2.24) is 15.0 Å². The Balaban J connectivity index is 1.51. The number of hydrogen-bond acceptors (Lipinski definition) is 3. The number of H-pyrrole nitrogens is 1. The van der Waals surface area contributed by atoms with Gasteiger partial charge in [-0.25, -0.2) is 18.7 Å². The van der Waals surface area contributed by atoms with Gasteiger partial charge in [0, 0.05) is 22.3 Å². The number of carbonyl (C=O) groups excluding carboxylic acids is 1. The molecule has 0 aliphatic heterocycles. The number of aromatic amines is 1. The lowest BCUT2D eigenvalue weighted by atomic mass is 9.86. The van der Waals surface area contributed by atoms with Gasteiger partial charge in [0.25, 0.3) is 5.91 Å². The molecule has 2 heterocycles. The van der Waals surface area contributed by atoms with E-state index in [4.69, 9.17) is 0 Å². The lowest BCUT2D eigenvalue weighted by Crippen LogP contribution is -2.17. The fourth-order valence-corrected chi connectivity index (χ4v) is 4.77. The lowest BCUT2D eigenvalue weighted by molar-refractivity contribution is 0.102. The highest BCUT2D eigenvalue weighted by Crippen LogP contribution is 2.35. The molecule has 2 N–H and O–H groups in total. The maximum absolute atomic E-state index is 14.9. The van der Waals surface area contributed by atoms with E-state index < -0.39 is 17.5 Å². The fraction of sp³-hybridized carbons (Fsp3) is 0.242. The van der Waals surface area contributed by atoms with Crippen LogP contribution in [0.15, 0.2) is 67.0 Å². The summed E-state index contributed by atoms with van der Waals surface area (Å²) < 4.78 is 29.8. The van der Waals surface area contributed by atoms with Crippen LogP contribution in [0.4, 0.5) is 14.5 Å². The van der Waals surface area contributed by atoms with E-state index in [1.165, 1.54) is 36.2 Å². The second-order valence-electron chi connectivity index (χ2n) is 11.5. The Morgan fingerprint density at radius 2 is 1.68 bits per heavy atom. The molecule has 204 valence electrons. The van der Waals surface area contributed by atoms with E-state index in [1.54, 1.807) is 13.0 Å². The van der Waals surface area contributed by atoms with Gasteiger partial charge >= 0.3 is 0 Å². The average molecular weight is 539 g/mol. The molecule has 5 nitrogen and oxygen atoms in total. The van der Waals surface area contributed by atoms with E-state index in [2.05, 4.69) is 58.4 Å². The first kappa shape index (κ1) is 27.2. The summed E-state index contributed by atoms with van der Waals surface area (Å²) in [6, 6.07) is 17.4. The van der Waals surface area contributed by atoms with Crippen LogP contribution in [0.2, 0.25) is 0 Å². The number of hydrogen-bond donors (Lipinski definition) is 2. The Kier molecular flexibility index (Phi) is 7.00. The van der Waals surface area contributed by atoms with Gasteiger partial charge in [-0.2, -0.15) is 0 Å². The molecule has 0 saturated heterocycles. The maximum Gasteiger partial charge on any atom is 0.258 e. The molecule has 40 heavy (non-hydrogen) atoms. The highest BCUT2D eigenvalue weighted by Gasteiger charge is 2.21. The Bertz CT molecular complexity index is 1730. The number of carbonyl (C=O) groups is 1. The molecule has 0 unspecified atom stereocenters. The zero-order chi connectivity index (χ0) is 28.8. The zero-order valence-electron chi connectivity index (χ0n) is 23.5. The highest BCUT2D eigenvalue weighted by atomic mass is 19.1. The quantitative estimate of drug-likeness (QED) is 0.235. The molecule has 0 bridgehead atoms. The van der Waals surface area contributed by atoms with Gasteiger partial charge in [-0.15, -0.1) is 0 Å². The molecule has 3 aromatic carbocycles. The second kappa shape index (κ2) is 10.3. The first-order chi connectivity index (χ1) is 18.9. The van der Waals surface area contributed by atoms with Crippen LogP contribution in [0.1, 0.15) is 67.6 Å². The van der Waals surface area contributed by atoms with Gasteiger partial charge in [0.15, 0.2) is 0 Å². The summed E-state index contributed by atoms with van der Waals surface area (Å²) in [5.74, 6) is -1.40. The number of anilines is 1. The van der Waals surface area contributed by atoms with Gasteiger partial charge < -0.3 is 10.3 Å². The molecule has 0 radical (unpaired) electrons. The number of amides is 1. The maximum atomic E-state index is 14.9. The molecular weight excluding hydrogens is 506 g/mol. The summed E-state index contributed by atoms with van der Waals surface area (Å²) in [4.78, 5) is 25.2. The zero-order valence-corrected chi connectivity index (χ0v) is 23.5. The van der Waals surface area contributed by atoms with Crippen molar-refractivity contribution in [3.8, 4) is 22.5 Å². The van der Waals surface area contributed by atoms with Crippen LogP contribution >= 0.6 is 0 Å². The van der Waals surface area contributed by atoms with Crippen LogP contribution in [-0.2, 0) is 5.41 Å². The Labute approximate surface area is 232 Å². The standard InChI is InChI=1S/C33H32F2N4O/c1-18(2)20-7-9-21(10-8-20)29-16-26-30(36-17-37-31(26)38-29)25-14-23(34)15-28(19(25)3)39-32(40)24-12-11-22(13-27(24)35)33(4,5)6/h7-18H,1-6H3,(H,39,40)(H,36,37,38). The van der Waals surface area contributed by atoms with E-state index in [-0.39, 0.29) is 16.7 Å². The van der Waals surface area contributed by atoms with Crippen LogP contribution in [0.5, 0.6) is 0 Å². The Hall–Kier alpha value is -4.39. The van der Waals surface area contributed by atoms with E-state index in [0.717, 1.165) is 22.2 Å². The number of halogens is 2. The Morgan fingerprint density at radius 3 is 2.33 bits per heavy atom. The van der Waals surface area contributed by atoms with Gasteiger partial charge in [0.05, 0.1) is 11.3 Å². The minimum absolute atomic E-state index is 0.110. The van der Waals surface area contributed by atoms with Gasteiger partial charge in [-0.3, -0.25) is 4.79 Å². The number of nitrogens with zero attached hydrogens (tertiary/aromatic N) is 2. The van der Waals surface area contributed by atoms with E-state index in [1.807, 2.05) is 26.8 Å². The number of fused-ring (bicyclic) bond motifs is 1. The van der Waals surface area contributed by atoms with Crippen molar-refractivity contribution in [3.05, 3.63) is 101 Å². The monoisotopic (exact) mass is 538 g/mol. The van der Waals surface area contributed by atoms with Crippen LogP contribution in [0, 0.1) is 18.6 Å². The fourth-order valence-electron chi connectivity index (χ4n) is 4.77. The molecular formula is C33H32F2N4O. The van der Waals surface area contributed by atoms with Gasteiger partial charge in [-0.1, -0.05) is 65.0 Å². The third-order valence-electron chi connectivity index (χ3n) is 7.27. The van der Waals surface area contributed by atoms with Crippen molar-refractivity contribution < 1.29 is 13.6 Å². The van der Waals surface area contributed by atoms with Crippen molar-refractivity contribution in [3.63, 3.8) is 0 Å². The topological polar surface area (TPSA) is 70.7 Å². The summed E-state index contributed by atoms with van der Waals surface area (Å²) >= 11 is 0. The molecule has 0 atom stereocenters. The number of benzene rings is 3. The summed E-state index contributed by atoms with van der Waals surface area (Å²) in [5, 5.41) is 3.42. The summed E-state index contributed by atoms with van der Waals surface area (Å²) in [6.07, 6.45) is 1.43. The molecule has 2 aromatic heterocycles. The molecule has 1 amide bonds. The molecule has 0 saturated carbocycles. The van der Waals surface area contributed by atoms with Crippen LogP contribution in [0.25, 0.3) is 33.5 Å². The summed E-state index contributed by atoms with van der Waals surface area (Å²) in [5.41, 5.74) is 6.01. The van der Waals surface area contributed by atoms with Gasteiger partial charge in [0.1, 0.15) is 23.6 Å². The van der Waals surface area contributed by atoms with E-state index >= 15 is 0 Å². The first-order valence-corrected chi connectivity index (χ1v) is 13.3. The van der Waals surface area contributed by atoms with Crippen LogP contribution in [0.3, 0.4) is 0 Å². The molecule has 7 heteroatoms. The van der Waals surface area contributed by atoms with Crippen molar-refractivity contribution >= 4 is 22.6 Å². The van der Waals surface area contributed by atoms with E-state index in [9.17, 15) is 13.6 Å². The Morgan fingerprint density at radius 1 is 0.950 bits per heavy atom. The molecule has 5 aromatic rings. The third-order valence-corrected chi connectivity index (χ3v) is 7.27. The largest absolute Gasteiger partial charge is 0.339 e.